The highest BCUT2D eigenvalue weighted by molar-refractivity contribution is 8.16. The van der Waals surface area contributed by atoms with Crippen LogP contribution >= 0.6 is 0 Å². The predicted octanol–water partition coefficient (Wildman–Crippen LogP) is 3.58. The zero-order chi connectivity index (χ0) is 10.3. The second kappa shape index (κ2) is 6.02. The molecule has 0 radical (unpaired) electrons. The lowest BCUT2D eigenvalue weighted by Crippen LogP contribution is -1.95. The molecular weight excluding hydrogens is 192 g/mol. The Morgan fingerprint density at radius 2 is 2.07 bits per heavy atom. The summed E-state index contributed by atoms with van der Waals surface area (Å²) in [4.78, 5) is 3.98. The molecule has 2 nitrogen and oxygen atoms in total. The Kier molecular flexibility index (Phi) is 4.94. The van der Waals surface area contributed by atoms with Crippen molar-refractivity contribution < 1.29 is 0 Å². The van der Waals surface area contributed by atoms with Gasteiger partial charge in [0.2, 0.25) is 0 Å². The van der Waals surface area contributed by atoms with Crippen LogP contribution in [0.25, 0.3) is 0 Å². The van der Waals surface area contributed by atoms with Gasteiger partial charge in [-0.05, 0) is 23.6 Å². The molecule has 0 aromatic rings. The highest BCUT2D eigenvalue weighted by Gasteiger charge is 1.97. The fourth-order valence-electron chi connectivity index (χ4n) is 1.43. The molecule has 1 aliphatic heterocycles. The van der Waals surface area contributed by atoms with Crippen LogP contribution in [0.4, 0.5) is 0 Å². The molecule has 0 fully saturated rings. The van der Waals surface area contributed by atoms with Gasteiger partial charge in [0, 0.05) is 6.20 Å². The molecule has 0 aliphatic carbocycles. The van der Waals surface area contributed by atoms with Crippen LogP contribution in [0, 0.1) is 4.78 Å². The van der Waals surface area contributed by atoms with Crippen molar-refractivity contribution in [3.63, 3.8) is 0 Å². The van der Waals surface area contributed by atoms with Crippen molar-refractivity contribution in [2.75, 3.05) is 0 Å². The molecule has 1 atom stereocenters. The maximum atomic E-state index is 7.99. The molecule has 0 amide bonds. The molecule has 1 rings (SSSR count). The molecule has 0 aromatic carbocycles. The van der Waals surface area contributed by atoms with Crippen LogP contribution in [0.5, 0.6) is 0 Å². The van der Waals surface area contributed by atoms with Crippen molar-refractivity contribution in [2.24, 2.45) is 4.99 Å². The summed E-state index contributed by atoms with van der Waals surface area (Å²) >= 11 is 0. The van der Waals surface area contributed by atoms with E-state index in [1.807, 2.05) is 5.41 Å². The van der Waals surface area contributed by atoms with Gasteiger partial charge in [0.15, 0.2) is 0 Å². The first kappa shape index (κ1) is 11.5. The van der Waals surface area contributed by atoms with Gasteiger partial charge in [0.05, 0.1) is 5.55 Å². The minimum atomic E-state index is -1.44. The van der Waals surface area contributed by atoms with E-state index in [9.17, 15) is 0 Å². The zero-order valence-electron chi connectivity index (χ0n) is 8.91. The molecule has 0 bridgehead atoms. The van der Waals surface area contributed by atoms with Gasteiger partial charge in [-0.15, -0.1) is 0 Å². The van der Waals surface area contributed by atoms with E-state index in [1.165, 1.54) is 32.1 Å². The first-order valence-electron chi connectivity index (χ1n) is 5.38. The van der Waals surface area contributed by atoms with Crippen molar-refractivity contribution in [3.8, 4) is 0 Å². The Labute approximate surface area is 87.6 Å². The summed E-state index contributed by atoms with van der Waals surface area (Å²) in [6, 6.07) is 0. The van der Waals surface area contributed by atoms with Crippen molar-refractivity contribution in [1.82, 2.24) is 0 Å². The third kappa shape index (κ3) is 4.09. The fraction of sp³-hybridized carbons (Fsp3) is 0.636. The van der Waals surface area contributed by atoms with E-state index in [-0.39, 0.29) is 0 Å². The van der Waals surface area contributed by atoms with Crippen LogP contribution in [-0.2, 0) is 9.41 Å². The molecule has 0 aromatic heterocycles. The second-order valence-corrected chi connectivity index (χ2v) is 6.01. The Balaban J connectivity index is 2.18. The summed E-state index contributed by atoms with van der Waals surface area (Å²) < 4.78 is 7.99. The van der Waals surface area contributed by atoms with Gasteiger partial charge in [-0.1, -0.05) is 42.0 Å². The molecule has 1 N–H and O–H groups in total. The molecule has 0 saturated heterocycles. The number of hydrogen-bond donors (Lipinski definition) is 1. The number of rotatable bonds is 6. The number of nitrogens with one attached hydrogen (secondary N) is 1. The van der Waals surface area contributed by atoms with Crippen molar-refractivity contribution >= 4 is 20.3 Å². The summed E-state index contributed by atoms with van der Waals surface area (Å²) in [5.41, 5.74) is 1.78. The molecule has 1 heterocycles. The third-order valence-electron chi connectivity index (χ3n) is 2.31. The molecule has 14 heavy (non-hydrogen) atoms. The lowest BCUT2D eigenvalue weighted by atomic mass is 10.1. The van der Waals surface area contributed by atoms with Crippen LogP contribution in [0.2, 0.25) is 0 Å². The SMILES string of the molecule is CCCCCCCC=S1(=N)C=CN=C1. The van der Waals surface area contributed by atoms with Crippen molar-refractivity contribution in [3.05, 3.63) is 11.6 Å². The minimum absolute atomic E-state index is 1.07. The van der Waals surface area contributed by atoms with Gasteiger partial charge in [0.1, 0.15) is 0 Å². The topological polar surface area (TPSA) is 36.2 Å². The van der Waals surface area contributed by atoms with E-state index >= 15 is 0 Å². The monoisotopic (exact) mass is 212 g/mol. The van der Waals surface area contributed by atoms with Gasteiger partial charge in [0.25, 0.3) is 0 Å². The largest absolute Gasteiger partial charge is 0.277 e. The van der Waals surface area contributed by atoms with E-state index in [1.54, 1.807) is 11.7 Å². The van der Waals surface area contributed by atoms with Gasteiger partial charge < -0.3 is 0 Å². The molecule has 1 unspecified atom stereocenters. The summed E-state index contributed by atoms with van der Waals surface area (Å²) in [6.07, 6.45) is 9.34. The lowest BCUT2D eigenvalue weighted by Gasteiger charge is -1.99. The minimum Gasteiger partial charge on any atom is -0.277 e. The smallest absolute Gasteiger partial charge is 0.0677 e. The van der Waals surface area contributed by atoms with E-state index in [0.717, 1.165) is 6.42 Å². The summed E-state index contributed by atoms with van der Waals surface area (Å²) in [5.74, 6) is 0. The molecule has 0 spiro atoms. The quantitative estimate of drug-likeness (QED) is 0.516. The Morgan fingerprint density at radius 1 is 1.29 bits per heavy atom. The zero-order valence-corrected chi connectivity index (χ0v) is 9.72. The number of hydrogen-bond acceptors (Lipinski definition) is 2. The number of nitrogens with zero attached hydrogens (tertiary/aromatic N) is 1. The summed E-state index contributed by atoms with van der Waals surface area (Å²) in [5, 5.41) is 4.05. The van der Waals surface area contributed by atoms with Crippen molar-refractivity contribution in [1.29, 1.82) is 4.78 Å². The van der Waals surface area contributed by atoms with Gasteiger partial charge in [-0.3, -0.25) is 9.77 Å². The Morgan fingerprint density at radius 3 is 2.71 bits per heavy atom. The van der Waals surface area contributed by atoms with E-state index in [0.29, 0.717) is 0 Å². The van der Waals surface area contributed by atoms with Crippen LogP contribution < -0.4 is 0 Å². The predicted molar refractivity (Wildman–Crippen MR) is 67.2 cm³/mol. The number of aliphatic imine (C=N–C) groups is 1. The molecule has 80 valence electrons. The van der Waals surface area contributed by atoms with E-state index in [2.05, 4.69) is 17.3 Å². The molecule has 0 saturated carbocycles. The van der Waals surface area contributed by atoms with Crippen LogP contribution in [-0.4, -0.2) is 10.9 Å². The molecular formula is C11H20N2S. The van der Waals surface area contributed by atoms with E-state index in [4.69, 9.17) is 4.78 Å². The molecule has 3 heteroatoms. The first-order chi connectivity index (χ1) is 6.77. The summed E-state index contributed by atoms with van der Waals surface area (Å²) in [7, 11) is -1.44. The Bertz CT molecular complexity index is 302. The maximum Gasteiger partial charge on any atom is 0.0677 e. The van der Waals surface area contributed by atoms with Gasteiger partial charge in [-0.25, -0.2) is 0 Å². The summed E-state index contributed by atoms with van der Waals surface area (Å²) in [6.45, 7) is 2.23. The van der Waals surface area contributed by atoms with Crippen LogP contribution in [0.15, 0.2) is 16.6 Å². The molecule has 1 aliphatic rings. The lowest BCUT2D eigenvalue weighted by molar-refractivity contribution is 0.646. The van der Waals surface area contributed by atoms with Crippen LogP contribution in [0.1, 0.15) is 45.4 Å². The first-order valence-corrected chi connectivity index (χ1v) is 7.20. The average Bonchev–Trinajstić information content (AvgIpc) is 2.59. The Hall–Kier alpha value is -0.570. The van der Waals surface area contributed by atoms with Crippen LogP contribution in [0.3, 0.4) is 0 Å². The maximum absolute atomic E-state index is 7.99. The number of unbranched alkanes of at least 4 members (excludes halogenated alkanes) is 5. The normalized spacial score (nSPS) is 24.4. The highest BCUT2D eigenvalue weighted by atomic mass is 32.2. The van der Waals surface area contributed by atoms with Gasteiger partial charge >= 0.3 is 0 Å². The van der Waals surface area contributed by atoms with Crippen molar-refractivity contribution in [2.45, 2.75) is 45.4 Å². The average molecular weight is 212 g/mol. The van der Waals surface area contributed by atoms with E-state index < -0.39 is 9.41 Å². The highest BCUT2D eigenvalue weighted by Crippen LogP contribution is 2.06. The fourth-order valence-corrected chi connectivity index (χ4v) is 2.80. The van der Waals surface area contributed by atoms with Gasteiger partial charge in [-0.2, -0.15) is 0 Å². The second-order valence-electron chi connectivity index (χ2n) is 3.67. The third-order valence-corrected chi connectivity index (χ3v) is 4.14. The standard InChI is InChI=1S/C11H20N2S/c1-2-3-4-5-6-7-9-14(12)10-8-13-11-14/h8-12H,2-7H2,1H3.